The standard InChI is InChI=1S/C27H31FN4O2/c1-17(2)9-11-34-20-6-4-18(5-7-20)19-14-30-27-23(15-31-32(27)16-19)21-8-10-29-25-13-24(28)26(33-3)12-22(21)25/h8,10,12-18,20H,4-7,9,11H2,1-3H3. The molecule has 0 saturated heterocycles. The van der Waals surface area contributed by atoms with Crippen molar-refractivity contribution in [3.8, 4) is 16.9 Å². The van der Waals surface area contributed by atoms with E-state index in [9.17, 15) is 4.39 Å². The van der Waals surface area contributed by atoms with Gasteiger partial charge in [-0.3, -0.25) is 4.98 Å². The Bertz CT molecular complexity index is 1290. The lowest BCUT2D eigenvalue weighted by molar-refractivity contribution is 0.0193. The molecule has 3 heterocycles. The highest BCUT2D eigenvalue weighted by Crippen LogP contribution is 2.36. The summed E-state index contributed by atoms with van der Waals surface area (Å²) in [6.07, 6.45) is 13.5. The Morgan fingerprint density at radius 1 is 1.09 bits per heavy atom. The largest absolute Gasteiger partial charge is 0.494 e. The van der Waals surface area contributed by atoms with Crippen molar-refractivity contribution in [1.82, 2.24) is 19.6 Å². The Morgan fingerprint density at radius 2 is 1.91 bits per heavy atom. The zero-order chi connectivity index (χ0) is 23.7. The second-order valence-electron chi connectivity index (χ2n) is 9.60. The van der Waals surface area contributed by atoms with Crippen LogP contribution >= 0.6 is 0 Å². The molecule has 4 aromatic rings. The fraction of sp³-hybridized carbons (Fsp3) is 0.444. The van der Waals surface area contributed by atoms with E-state index in [-0.39, 0.29) is 5.75 Å². The van der Waals surface area contributed by atoms with Crippen molar-refractivity contribution in [1.29, 1.82) is 0 Å². The van der Waals surface area contributed by atoms with Gasteiger partial charge in [-0.15, -0.1) is 0 Å². The summed E-state index contributed by atoms with van der Waals surface area (Å²) < 4.78 is 27.3. The number of pyridine rings is 1. The second-order valence-corrected chi connectivity index (χ2v) is 9.60. The lowest BCUT2D eigenvalue weighted by Crippen LogP contribution is -2.22. The van der Waals surface area contributed by atoms with Crippen molar-refractivity contribution in [2.45, 2.75) is 58.0 Å². The predicted octanol–water partition coefficient (Wildman–Crippen LogP) is 6.18. The molecule has 0 spiro atoms. The molecule has 178 valence electrons. The first-order valence-electron chi connectivity index (χ1n) is 12.1. The van der Waals surface area contributed by atoms with E-state index in [4.69, 9.17) is 14.5 Å². The molecule has 34 heavy (non-hydrogen) atoms. The van der Waals surface area contributed by atoms with Gasteiger partial charge >= 0.3 is 0 Å². The average molecular weight is 463 g/mol. The lowest BCUT2D eigenvalue weighted by Gasteiger charge is -2.28. The van der Waals surface area contributed by atoms with Crippen LogP contribution in [0.1, 0.15) is 57.4 Å². The number of methoxy groups -OCH3 is 1. The SMILES string of the molecule is COc1cc2c(-c3cnn4cc(C5CCC(OCCC(C)C)CC5)cnc34)ccnc2cc1F. The van der Waals surface area contributed by atoms with Crippen molar-refractivity contribution >= 4 is 16.6 Å². The summed E-state index contributed by atoms with van der Waals surface area (Å²) in [5.74, 6) is 0.921. The van der Waals surface area contributed by atoms with E-state index in [0.29, 0.717) is 23.5 Å². The van der Waals surface area contributed by atoms with Crippen LogP contribution in [0.3, 0.4) is 0 Å². The van der Waals surface area contributed by atoms with Gasteiger partial charge in [0.05, 0.1) is 24.9 Å². The van der Waals surface area contributed by atoms with E-state index in [2.05, 4.69) is 30.1 Å². The topological polar surface area (TPSA) is 61.5 Å². The molecule has 0 unspecified atom stereocenters. The molecule has 1 saturated carbocycles. The Morgan fingerprint density at radius 3 is 2.68 bits per heavy atom. The van der Waals surface area contributed by atoms with Crippen LogP contribution in [-0.2, 0) is 4.74 Å². The van der Waals surface area contributed by atoms with Gasteiger partial charge in [-0.1, -0.05) is 13.8 Å². The Labute approximate surface area is 199 Å². The van der Waals surface area contributed by atoms with Crippen molar-refractivity contribution in [2.24, 2.45) is 5.92 Å². The normalized spacial score (nSPS) is 18.7. The molecule has 3 aromatic heterocycles. The van der Waals surface area contributed by atoms with Crippen LogP contribution in [0.2, 0.25) is 0 Å². The third-order valence-electron chi connectivity index (χ3n) is 6.88. The molecule has 0 N–H and O–H groups in total. The number of fused-ring (bicyclic) bond motifs is 2. The third kappa shape index (κ3) is 4.49. The molecule has 0 amide bonds. The van der Waals surface area contributed by atoms with Crippen molar-refractivity contribution in [2.75, 3.05) is 13.7 Å². The molecule has 6 nitrogen and oxygen atoms in total. The minimum absolute atomic E-state index is 0.192. The first kappa shape index (κ1) is 22.7. The summed E-state index contributed by atoms with van der Waals surface area (Å²) in [7, 11) is 1.46. The predicted molar refractivity (Wildman–Crippen MR) is 131 cm³/mol. The Hall–Kier alpha value is -3.06. The van der Waals surface area contributed by atoms with E-state index in [1.165, 1.54) is 18.7 Å². The number of nitrogens with zero attached hydrogens (tertiary/aromatic N) is 4. The van der Waals surface area contributed by atoms with Gasteiger partial charge in [0.25, 0.3) is 0 Å². The summed E-state index contributed by atoms with van der Waals surface area (Å²) in [6, 6.07) is 5.00. The van der Waals surface area contributed by atoms with Gasteiger partial charge in [-0.2, -0.15) is 5.10 Å². The molecule has 1 aliphatic carbocycles. The van der Waals surface area contributed by atoms with E-state index < -0.39 is 5.82 Å². The van der Waals surface area contributed by atoms with Gasteiger partial charge in [-0.25, -0.2) is 13.9 Å². The van der Waals surface area contributed by atoms with Gasteiger partial charge < -0.3 is 9.47 Å². The monoisotopic (exact) mass is 462 g/mol. The van der Waals surface area contributed by atoms with Gasteiger partial charge in [-0.05, 0) is 67.2 Å². The van der Waals surface area contributed by atoms with Crippen LogP contribution in [0.4, 0.5) is 4.39 Å². The molecule has 0 atom stereocenters. The molecular weight excluding hydrogens is 431 g/mol. The summed E-state index contributed by atoms with van der Waals surface area (Å²) in [6.45, 7) is 5.33. The number of rotatable bonds is 7. The number of halogens is 1. The summed E-state index contributed by atoms with van der Waals surface area (Å²) in [5, 5.41) is 5.40. The van der Waals surface area contributed by atoms with E-state index in [1.54, 1.807) is 12.3 Å². The summed E-state index contributed by atoms with van der Waals surface area (Å²) in [5.41, 5.74) is 4.34. The Balaban J connectivity index is 1.37. The maximum absolute atomic E-state index is 14.2. The highest BCUT2D eigenvalue weighted by molar-refractivity contribution is 5.98. The molecule has 1 aromatic carbocycles. The average Bonchev–Trinajstić information content (AvgIpc) is 3.26. The summed E-state index contributed by atoms with van der Waals surface area (Å²) in [4.78, 5) is 9.11. The minimum atomic E-state index is -0.428. The number of benzene rings is 1. The van der Waals surface area contributed by atoms with Crippen LogP contribution in [0.15, 0.2) is 43.0 Å². The van der Waals surface area contributed by atoms with Crippen LogP contribution in [0, 0.1) is 11.7 Å². The van der Waals surface area contributed by atoms with Crippen molar-refractivity contribution in [3.05, 3.63) is 54.4 Å². The van der Waals surface area contributed by atoms with E-state index >= 15 is 0 Å². The fourth-order valence-corrected chi connectivity index (χ4v) is 4.86. The first-order chi connectivity index (χ1) is 16.5. The smallest absolute Gasteiger partial charge is 0.167 e. The molecule has 7 heteroatoms. The zero-order valence-electron chi connectivity index (χ0n) is 20.0. The van der Waals surface area contributed by atoms with Gasteiger partial charge in [0, 0.05) is 42.2 Å². The summed E-state index contributed by atoms with van der Waals surface area (Å²) >= 11 is 0. The molecule has 0 radical (unpaired) electrons. The third-order valence-corrected chi connectivity index (χ3v) is 6.88. The highest BCUT2D eigenvalue weighted by atomic mass is 19.1. The molecule has 1 fully saturated rings. The molecule has 1 aliphatic rings. The van der Waals surface area contributed by atoms with Crippen LogP contribution in [0.25, 0.3) is 27.7 Å². The fourth-order valence-electron chi connectivity index (χ4n) is 4.86. The lowest BCUT2D eigenvalue weighted by atomic mass is 9.84. The van der Waals surface area contributed by atoms with Crippen LogP contribution < -0.4 is 4.74 Å². The zero-order valence-corrected chi connectivity index (χ0v) is 20.0. The number of ether oxygens (including phenoxy) is 2. The van der Waals surface area contributed by atoms with Crippen LogP contribution in [0.5, 0.6) is 5.75 Å². The molecule has 0 aliphatic heterocycles. The van der Waals surface area contributed by atoms with Crippen molar-refractivity contribution < 1.29 is 13.9 Å². The number of hydrogen-bond acceptors (Lipinski definition) is 5. The molecule has 0 bridgehead atoms. The Kier molecular flexibility index (Phi) is 6.46. The molecular formula is C27H31FN4O2. The van der Waals surface area contributed by atoms with Gasteiger partial charge in [0.1, 0.15) is 0 Å². The quantitative estimate of drug-likeness (QED) is 0.328. The molecule has 5 rings (SSSR count). The first-order valence-corrected chi connectivity index (χ1v) is 12.1. The van der Waals surface area contributed by atoms with Gasteiger partial charge in [0.2, 0.25) is 0 Å². The highest BCUT2D eigenvalue weighted by Gasteiger charge is 2.24. The van der Waals surface area contributed by atoms with E-state index in [0.717, 1.165) is 60.9 Å². The second kappa shape index (κ2) is 9.66. The van der Waals surface area contributed by atoms with E-state index in [1.807, 2.05) is 23.0 Å². The van der Waals surface area contributed by atoms with Crippen LogP contribution in [-0.4, -0.2) is 39.4 Å². The minimum Gasteiger partial charge on any atom is -0.494 e. The maximum atomic E-state index is 14.2. The maximum Gasteiger partial charge on any atom is 0.167 e. The van der Waals surface area contributed by atoms with Crippen molar-refractivity contribution in [3.63, 3.8) is 0 Å². The number of hydrogen-bond donors (Lipinski definition) is 0. The number of aromatic nitrogens is 4. The van der Waals surface area contributed by atoms with Gasteiger partial charge in [0.15, 0.2) is 17.2 Å².